The first-order chi connectivity index (χ1) is 12.9. The Morgan fingerprint density at radius 2 is 2.07 bits per heavy atom. The second kappa shape index (κ2) is 9.91. The summed E-state index contributed by atoms with van der Waals surface area (Å²) in [6.45, 7) is 1.27. The van der Waals surface area contributed by atoms with E-state index in [1.165, 1.54) is 11.3 Å². The number of anilines is 1. The van der Waals surface area contributed by atoms with Crippen molar-refractivity contribution in [2.75, 3.05) is 32.1 Å². The summed E-state index contributed by atoms with van der Waals surface area (Å²) in [4.78, 5) is 29.3. The van der Waals surface area contributed by atoms with E-state index in [1.54, 1.807) is 35.7 Å². The average molecular weight is 430 g/mol. The SMILES string of the molecule is CN(C)CCCNC(=O)N1C(=O)C(=C(O)c2cccs2)c2cc(Cl)ccc21.[NaH]. The molecule has 144 valence electrons. The number of aliphatic hydroxyl groups excluding tert-OH is 1. The first-order valence-corrected chi connectivity index (χ1v) is 9.70. The number of amides is 3. The van der Waals surface area contributed by atoms with Gasteiger partial charge in [0.1, 0.15) is 5.76 Å². The van der Waals surface area contributed by atoms with Crippen LogP contribution in [0.4, 0.5) is 10.5 Å². The van der Waals surface area contributed by atoms with Crippen molar-refractivity contribution in [2.24, 2.45) is 0 Å². The molecule has 9 heteroatoms. The number of imide groups is 1. The fourth-order valence-corrected chi connectivity index (χ4v) is 3.72. The number of nitrogens with zero attached hydrogens (tertiary/aromatic N) is 2. The molecule has 0 saturated carbocycles. The molecule has 0 saturated heterocycles. The molecular formula is C19H21ClN3NaO3S. The molecular weight excluding hydrogens is 409 g/mol. The molecule has 3 amide bonds. The van der Waals surface area contributed by atoms with Gasteiger partial charge in [0.2, 0.25) is 0 Å². The van der Waals surface area contributed by atoms with Crippen molar-refractivity contribution in [2.45, 2.75) is 6.42 Å². The summed E-state index contributed by atoms with van der Waals surface area (Å²) in [6.07, 6.45) is 0.761. The van der Waals surface area contributed by atoms with E-state index in [1.807, 2.05) is 19.0 Å². The van der Waals surface area contributed by atoms with Gasteiger partial charge in [-0.25, -0.2) is 9.69 Å². The van der Waals surface area contributed by atoms with Gasteiger partial charge in [-0.1, -0.05) is 17.7 Å². The third-order valence-electron chi connectivity index (χ3n) is 4.14. The summed E-state index contributed by atoms with van der Waals surface area (Å²) in [5.74, 6) is -0.718. The van der Waals surface area contributed by atoms with Crippen LogP contribution in [0.15, 0.2) is 35.7 Å². The van der Waals surface area contributed by atoms with Gasteiger partial charge in [-0.3, -0.25) is 4.79 Å². The van der Waals surface area contributed by atoms with Gasteiger partial charge in [0.05, 0.1) is 16.1 Å². The number of rotatable bonds is 5. The maximum absolute atomic E-state index is 13.0. The van der Waals surface area contributed by atoms with Gasteiger partial charge in [0.15, 0.2) is 0 Å². The number of hydrogen-bond acceptors (Lipinski definition) is 5. The Hall–Kier alpha value is -1.35. The first-order valence-electron chi connectivity index (χ1n) is 8.44. The number of carbonyl (C=O) groups is 2. The van der Waals surface area contributed by atoms with Crippen molar-refractivity contribution in [3.8, 4) is 0 Å². The molecule has 0 radical (unpaired) electrons. The van der Waals surface area contributed by atoms with E-state index in [4.69, 9.17) is 11.6 Å². The molecule has 0 fully saturated rings. The van der Waals surface area contributed by atoms with Crippen LogP contribution in [0.25, 0.3) is 11.3 Å². The fraction of sp³-hybridized carbons (Fsp3) is 0.263. The fourth-order valence-electron chi connectivity index (χ4n) is 2.88. The summed E-state index contributed by atoms with van der Waals surface area (Å²) in [5, 5.41) is 15.6. The van der Waals surface area contributed by atoms with Gasteiger partial charge < -0.3 is 15.3 Å². The summed E-state index contributed by atoms with van der Waals surface area (Å²) >= 11 is 7.40. The van der Waals surface area contributed by atoms with Crippen molar-refractivity contribution in [1.29, 1.82) is 0 Å². The van der Waals surface area contributed by atoms with E-state index in [0.717, 1.165) is 17.9 Å². The molecule has 0 bridgehead atoms. The Morgan fingerprint density at radius 1 is 1.32 bits per heavy atom. The van der Waals surface area contributed by atoms with Crippen molar-refractivity contribution in [3.05, 3.63) is 51.2 Å². The Balaban J connectivity index is 0.00000280. The predicted octanol–water partition coefficient (Wildman–Crippen LogP) is 3.19. The van der Waals surface area contributed by atoms with Crippen LogP contribution in [0.5, 0.6) is 0 Å². The molecule has 0 aliphatic carbocycles. The number of urea groups is 1. The van der Waals surface area contributed by atoms with E-state index < -0.39 is 11.9 Å². The number of fused-ring (bicyclic) bond motifs is 1. The van der Waals surface area contributed by atoms with Crippen LogP contribution in [-0.4, -0.2) is 78.7 Å². The van der Waals surface area contributed by atoms with E-state index in [-0.39, 0.29) is 40.9 Å². The number of carbonyl (C=O) groups excluding carboxylic acids is 2. The Kier molecular flexibility index (Phi) is 8.12. The molecule has 0 unspecified atom stereocenters. The Morgan fingerprint density at radius 3 is 2.71 bits per heavy atom. The van der Waals surface area contributed by atoms with Gasteiger partial charge in [0.25, 0.3) is 5.91 Å². The number of thiophene rings is 1. The summed E-state index contributed by atoms with van der Waals surface area (Å²) in [6, 6.07) is 7.80. The van der Waals surface area contributed by atoms with Crippen LogP contribution in [0.2, 0.25) is 5.02 Å². The van der Waals surface area contributed by atoms with Gasteiger partial charge in [-0.15, -0.1) is 11.3 Å². The van der Waals surface area contributed by atoms with Crippen molar-refractivity contribution in [3.63, 3.8) is 0 Å². The van der Waals surface area contributed by atoms with E-state index in [9.17, 15) is 14.7 Å². The molecule has 3 rings (SSSR count). The zero-order valence-corrected chi connectivity index (χ0v) is 16.6. The number of halogens is 1. The summed E-state index contributed by atoms with van der Waals surface area (Å²) in [5.41, 5.74) is 0.938. The van der Waals surface area contributed by atoms with Crippen molar-refractivity contribution < 1.29 is 14.7 Å². The molecule has 0 atom stereocenters. The zero-order valence-electron chi connectivity index (χ0n) is 15.0. The minimum atomic E-state index is -0.566. The quantitative estimate of drug-likeness (QED) is 0.331. The molecule has 1 aliphatic rings. The van der Waals surface area contributed by atoms with Crippen LogP contribution < -0.4 is 10.2 Å². The molecule has 2 heterocycles. The summed E-state index contributed by atoms with van der Waals surface area (Å²) < 4.78 is 0. The zero-order chi connectivity index (χ0) is 19.6. The third-order valence-corrected chi connectivity index (χ3v) is 5.25. The number of benzene rings is 1. The summed E-state index contributed by atoms with van der Waals surface area (Å²) in [7, 11) is 3.91. The van der Waals surface area contributed by atoms with E-state index in [2.05, 4.69) is 5.32 Å². The average Bonchev–Trinajstić information content (AvgIpc) is 3.23. The monoisotopic (exact) mass is 429 g/mol. The van der Waals surface area contributed by atoms with Crippen LogP contribution in [-0.2, 0) is 4.79 Å². The van der Waals surface area contributed by atoms with Gasteiger partial charge in [-0.2, -0.15) is 0 Å². The third kappa shape index (κ3) is 4.79. The molecule has 28 heavy (non-hydrogen) atoms. The Bertz CT molecular complexity index is 900. The minimum absolute atomic E-state index is 0. The Labute approximate surface area is 195 Å². The van der Waals surface area contributed by atoms with Crippen LogP contribution in [0.3, 0.4) is 0 Å². The van der Waals surface area contributed by atoms with Crippen LogP contribution >= 0.6 is 22.9 Å². The molecule has 1 aromatic heterocycles. The molecule has 2 N–H and O–H groups in total. The maximum atomic E-state index is 13.0. The van der Waals surface area contributed by atoms with E-state index in [0.29, 0.717) is 27.7 Å². The molecule has 1 aliphatic heterocycles. The second-order valence-electron chi connectivity index (χ2n) is 6.39. The first kappa shape index (κ1) is 22.9. The molecule has 6 nitrogen and oxygen atoms in total. The van der Waals surface area contributed by atoms with Crippen molar-refractivity contribution >= 4 is 81.5 Å². The predicted molar refractivity (Wildman–Crippen MR) is 116 cm³/mol. The molecule has 1 aromatic carbocycles. The van der Waals surface area contributed by atoms with Gasteiger partial charge >= 0.3 is 35.6 Å². The molecule has 0 spiro atoms. The number of nitrogens with one attached hydrogen (secondary N) is 1. The topological polar surface area (TPSA) is 72.9 Å². The standard InChI is InChI=1S/C19H20ClN3O3S.Na.H/c1-22(2)9-4-8-21-19(26)23-14-7-6-12(20)11-13(14)16(18(23)25)17(24)15-5-3-10-27-15;;/h3,5-7,10-11,24H,4,8-9H2,1-2H3,(H,21,26);;. The van der Waals surface area contributed by atoms with Crippen molar-refractivity contribution in [1.82, 2.24) is 10.2 Å². The van der Waals surface area contributed by atoms with Crippen LogP contribution in [0, 0.1) is 0 Å². The van der Waals surface area contributed by atoms with E-state index >= 15 is 0 Å². The second-order valence-corrected chi connectivity index (χ2v) is 7.78. The molecule has 2 aromatic rings. The normalized spacial score (nSPS) is 14.7. The van der Waals surface area contributed by atoms with Crippen LogP contribution in [0.1, 0.15) is 16.9 Å². The number of aliphatic hydroxyl groups is 1. The van der Waals surface area contributed by atoms with Gasteiger partial charge in [-0.05, 0) is 56.7 Å². The number of hydrogen-bond donors (Lipinski definition) is 2. The van der Waals surface area contributed by atoms with Gasteiger partial charge in [0, 0.05) is 17.1 Å².